The minimum atomic E-state index is -0.667. The van der Waals surface area contributed by atoms with Crippen molar-refractivity contribution in [3.05, 3.63) is 0 Å². The van der Waals surface area contributed by atoms with Gasteiger partial charge in [0.05, 0.1) is 6.42 Å². The largest absolute Gasteiger partial charge is 0.481 e. The number of carboxylic acids is 1. The highest BCUT2D eigenvalue weighted by Crippen LogP contribution is 2.54. The summed E-state index contributed by atoms with van der Waals surface area (Å²) in [6.07, 6.45) is 7.62. The van der Waals surface area contributed by atoms with Gasteiger partial charge in [-0.05, 0) is 49.5 Å². The van der Waals surface area contributed by atoms with Crippen molar-refractivity contribution in [3.63, 3.8) is 0 Å². The van der Waals surface area contributed by atoms with Crippen molar-refractivity contribution >= 4 is 18.4 Å². The van der Waals surface area contributed by atoms with Gasteiger partial charge >= 0.3 is 5.97 Å². The first-order valence-electron chi connectivity index (χ1n) is 6.11. The van der Waals surface area contributed by atoms with Crippen LogP contribution in [0, 0.1) is 17.3 Å². The van der Waals surface area contributed by atoms with Crippen molar-refractivity contribution in [3.8, 4) is 0 Å². The zero-order valence-corrected chi connectivity index (χ0v) is 10.5. The van der Waals surface area contributed by atoms with E-state index in [1.54, 1.807) is 0 Å². The molecule has 0 unspecified atom stereocenters. The lowest BCUT2D eigenvalue weighted by Gasteiger charge is -2.52. The molecule has 0 aromatic rings. The predicted octanol–water partition coefficient (Wildman–Crippen LogP) is 2.43. The van der Waals surface area contributed by atoms with Crippen LogP contribution in [0.1, 0.15) is 44.9 Å². The van der Waals surface area contributed by atoms with Crippen LogP contribution < -0.4 is 5.73 Å². The van der Waals surface area contributed by atoms with Gasteiger partial charge < -0.3 is 10.8 Å². The first kappa shape index (κ1) is 13.8. The summed E-state index contributed by atoms with van der Waals surface area (Å²) >= 11 is 0. The van der Waals surface area contributed by atoms with Gasteiger partial charge in [0.15, 0.2) is 0 Å². The fourth-order valence-corrected chi connectivity index (χ4v) is 3.97. The second-order valence-corrected chi connectivity index (χ2v) is 5.26. The summed E-state index contributed by atoms with van der Waals surface area (Å²) in [5, 5.41) is 9.06. The Labute approximate surface area is 103 Å². The van der Waals surface area contributed by atoms with Gasteiger partial charge in [-0.2, -0.15) is 0 Å². The Balaban J connectivity index is 0.00000128. The van der Waals surface area contributed by atoms with Gasteiger partial charge in [-0.1, -0.05) is 12.8 Å². The Morgan fingerprint density at radius 3 is 1.94 bits per heavy atom. The summed E-state index contributed by atoms with van der Waals surface area (Å²) in [7, 11) is 0. The van der Waals surface area contributed by atoms with Crippen molar-refractivity contribution in [2.24, 2.45) is 23.0 Å². The Morgan fingerprint density at radius 1 is 1.19 bits per heavy atom. The van der Waals surface area contributed by atoms with E-state index in [0.29, 0.717) is 24.8 Å². The third-order valence-electron chi connectivity index (χ3n) is 4.70. The maximum absolute atomic E-state index is 11.0. The summed E-state index contributed by atoms with van der Waals surface area (Å²) in [5.41, 5.74) is 5.85. The van der Waals surface area contributed by atoms with Crippen molar-refractivity contribution in [2.45, 2.75) is 44.9 Å². The predicted molar refractivity (Wildman–Crippen MR) is 65.7 cm³/mol. The number of carboxylic acid groups (broad SMARTS) is 1. The Bertz CT molecular complexity index is 235. The lowest BCUT2D eigenvalue weighted by atomic mass is 9.53. The molecule has 0 amide bonds. The average molecular weight is 248 g/mol. The molecule has 2 fully saturated rings. The van der Waals surface area contributed by atoms with E-state index in [0.717, 1.165) is 0 Å². The molecule has 94 valence electrons. The molecule has 0 aromatic heterocycles. The maximum Gasteiger partial charge on any atom is 0.303 e. The minimum absolute atomic E-state index is 0. The SMILES string of the molecule is Cl.NCC1(CC(=O)O)C2CCCC1CCC2. The maximum atomic E-state index is 11.0. The van der Waals surface area contributed by atoms with E-state index in [-0.39, 0.29) is 17.8 Å². The molecule has 3 nitrogen and oxygen atoms in total. The van der Waals surface area contributed by atoms with Crippen molar-refractivity contribution in [1.29, 1.82) is 0 Å². The molecule has 2 saturated carbocycles. The molecule has 2 aliphatic rings. The summed E-state index contributed by atoms with van der Waals surface area (Å²) in [5.74, 6) is 0.483. The van der Waals surface area contributed by atoms with E-state index in [1.165, 1.54) is 38.5 Å². The number of carbonyl (C=O) groups is 1. The van der Waals surface area contributed by atoms with Gasteiger partial charge in [0.2, 0.25) is 0 Å². The van der Waals surface area contributed by atoms with Crippen LogP contribution in [0.2, 0.25) is 0 Å². The second kappa shape index (κ2) is 5.37. The molecule has 0 aromatic carbocycles. The molecule has 0 saturated heterocycles. The van der Waals surface area contributed by atoms with E-state index < -0.39 is 5.97 Å². The van der Waals surface area contributed by atoms with E-state index in [4.69, 9.17) is 10.8 Å². The highest BCUT2D eigenvalue weighted by Gasteiger charge is 2.49. The highest BCUT2D eigenvalue weighted by atomic mass is 35.5. The topological polar surface area (TPSA) is 63.3 Å². The smallest absolute Gasteiger partial charge is 0.303 e. The summed E-state index contributed by atoms with van der Waals surface area (Å²) < 4.78 is 0. The van der Waals surface area contributed by atoms with E-state index >= 15 is 0 Å². The molecule has 4 heteroatoms. The molecule has 3 N–H and O–H groups in total. The van der Waals surface area contributed by atoms with Gasteiger partial charge in [-0.15, -0.1) is 12.4 Å². The van der Waals surface area contributed by atoms with Crippen LogP contribution >= 0.6 is 12.4 Å². The van der Waals surface area contributed by atoms with Crippen LogP contribution in [0.4, 0.5) is 0 Å². The van der Waals surface area contributed by atoms with Crippen molar-refractivity contribution in [1.82, 2.24) is 0 Å². The number of hydrogen-bond acceptors (Lipinski definition) is 2. The molecule has 0 heterocycles. The van der Waals surface area contributed by atoms with Gasteiger partial charge in [0.25, 0.3) is 0 Å². The second-order valence-electron chi connectivity index (χ2n) is 5.26. The third kappa shape index (κ3) is 2.21. The molecule has 0 aliphatic heterocycles. The minimum Gasteiger partial charge on any atom is -0.481 e. The van der Waals surface area contributed by atoms with Gasteiger partial charge in [0, 0.05) is 0 Å². The first-order valence-corrected chi connectivity index (χ1v) is 6.11. The molecule has 0 radical (unpaired) electrons. The fourth-order valence-electron chi connectivity index (χ4n) is 3.97. The summed E-state index contributed by atoms with van der Waals surface area (Å²) in [4.78, 5) is 11.0. The van der Waals surface area contributed by atoms with E-state index in [9.17, 15) is 4.79 Å². The third-order valence-corrected chi connectivity index (χ3v) is 4.70. The normalized spacial score (nSPS) is 37.6. The summed E-state index contributed by atoms with van der Waals surface area (Å²) in [6, 6.07) is 0. The number of halogens is 1. The Hall–Kier alpha value is -0.280. The molecule has 0 spiro atoms. The number of rotatable bonds is 3. The Kier molecular flexibility index (Phi) is 4.62. The number of nitrogens with two attached hydrogens (primary N) is 1. The van der Waals surface area contributed by atoms with Crippen LogP contribution in [0.5, 0.6) is 0 Å². The molecular formula is C12H22ClNO2. The van der Waals surface area contributed by atoms with E-state index in [2.05, 4.69) is 0 Å². The summed E-state index contributed by atoms with van der Waals surface area (Å²) in [6.45, 7) is 0.564. The van der Waals surface area contributed by atoms with E-state index in [1.807, 2.05) is 0 Å². The standard InChI is InChI=1S/C12H21NO2.ClH/c13-8-12(7-11(14)15)9-3-1-4-10(12)6-2-5-9;/h9-10H,1-8,13H2,(H,14,15);1H. The fraction of sp³-hybridized carbons (Fsp3) is 0.917. The van der Waals surface area contributed by atoms with Gasteiger partial charge in [-0.3, -0.25) is 4.79 Å². The van der Waals surface area contributed by atoms with Crippen molar-refractivity contribution < 1.29 is 9.90 Å². The van der Waals surface area contributed by atoms with Gasteiger partial charge in [0.1, 0.15) is 0 Å². The zero-order valence-electron chi connectivity index (χ0n) is 9.65. The van der Waals surface area contributed by atoms with Crippen LogP contribution in [0.3, 0.4) is 0 Å². The lowest BCUT2D eigenvalue weighted by molar-refractivity contribution is -0.144. The van der Waals surface area contributed by atoms with Crippen LogP contribution in [-0.2, 0) is 4.79 Å². The molecular weight excluding hydrogens is 226 g/mol. The van der Waals surface area contributed by atoms with Crippen LogP contribution in [0.25, 0.3) is 0 Å². The number of aliphatic carboxylic acids is 1. The molecule has 0 atom stereocenters. The average Bonchev–Trinajstić information content (AvgIpc) is 2.15. The molecule has 16 heavy (non-hydrogen) atoms. The zero-order chi connectivity index (χ0) is 10.9. The van der Waals surface area contributed by atoms with Crippen molar-refractivity contribution in [2.75, 3.05) is 6.54 Å². The lowest BCUT2D eigenvalue weighted by Crippen LogP contribution is -2.50. The number of fused-ring (bicyclic) bond motifs is 2. The molecule has 2 bridgehead atoms. The van der Waals surface area contributed by atoms with Crippen LogP contribution in [-0.4, -0.2) is 17.6 Å². The number of hydrogen-bond donors (Lipinski definition) is 2. The molecule has 2 aliphatic carbocycles. The quantitative estimate of drug-likeness (QED) is 0.805. The molecule has 2 rings (SSSR count). The van der Waals surface area contributed by atoms with Crippen LogP contribution in [0.15, 0.2) is 0 Å². The Morgan fingerprint density at radius 2 is 1.62 bits per heavy atom. The van der Waals surface area contributed by atoms with Gasteiger partial charge in [-0.25, -0.2) is 0 Å². The highest BCUT2D eigenvalue weighted by molar-refractivity contribution is 5.85. The first-order chi connectivity index (χ1) is 7.19. The monoisotopic (exact) mass is 247 g/mol.